The van der Waals surface area contributed by atoms with E-state index in [0.717, 1.165) is 39.3 Å². The molecule has 1 saturated heterocycles. The smallest absolute Gasteiger partial charge is 0.273 e. The van der Waals surface area contributed by atoms with Gasteiger partial charge in [-0.25, -0.2) is 0 Å². The van der Waals surface area contributed by atoms with E-state index in [-0.39, 0.29) is 5.69 Å². The molecule has 0 aliphatic carbocycles. The summed E-state index contributed by atoms with van der Waals surface area (Å²) in [5.41, 5.74) is 1.41. The van der Waals surface area contributed by atoms with Gasteiger partial charge in [0, 0.05) is 45.3 Å². The molecule has 0 unspecified atom stereocenters. The maximum absolute atomic E-state index is 10.8. The summed E-state index contributed by atoms with van der Waals surface area (Å²) in [6.45, 7) is 6.51. The summed E-state index contributed by atoms with van der Waals surface area (Å²) in [7, 11) is 0. The molecule has 1 aliphatic rings. The predicted octanol–water partition coefficient (Wildman–Crippen LogP) is 2.79. The third-order valence-corrected chi connectivity index (χ3v) is 4.42. The predicted molar refractivity (Wildman–Crippen MR) is 96.8 cm³/mol. The van der Waals surface area contributed by atoms with Crippen molar-refractivity contribution in [3.63, 3.8) is 0 Å². The molecule has 0 N–H and O–H groups in total. The number of benzene rings is 2. The van der Waals surface area contributed by atoms with Crippen LogP contribution in [0, 0.1) is 10.1 Å². The van der Waals surface area contributed by atoms with Crippen molar-refractivity contribution in [3.8, 4) is 5.75 Å². The Morgan fingerprint density at radius 3 is 2.40 bits per heavy atom. The van der Waals surface area contributed by atoms with Crippen molar-refractivity contribution in [2.45, 2.75) is 6.54 Å². The van der Waals surface area contributed by atoms with Gasteiger partial charge in [0.25, 0.3) is 5.69 Å². The summed E-state index contributed by atoms with van der Waals surface area (Å²) >= 11 is 0. The summed E-state index contributed by atoms with van der Waals surface area (Å²) in [5.74, 6) is 0.553. The largest absolute Gasteiger partial charge is 0.492 e. The molecule has 0 bridgehead atoms. The van der Waals surface area contributed by atoms with E-state index in [1.165, 1.54) is 17.7 Å². The molecule has 6 heteroatoms. The van der Waals surface area contributed by atoms with Crippen LogP contribution in [0.1, 0.15) is 5.56 Å². The monoisotopic (exact) mass is 341 g/mol. The number of rotatable bonds is 7. The van der Waals surface area contributed by atoms with E-state index < -0.39 is 4.92 Å². The Balaban J connectivity index is 1.38. The number of hydrogen-bond acceptors (Lipinski definition) is 5. The first-order chi connectivity index (χ1) is 12.2. The molecule has 0 aromatic heterocycles. The lowest BCUT2D eigenvalue weighted by Gasteiger charge is -2.34. The van der Waals surface area contributed by atoms with Crippen molar-refractivity contribution >= 4 is 5.69 Å². The zero-order valence-corrected chi connectivity index (χ0v) is 14.2. The van der Waals surface area contributed by atoms with Gasteiger partial charge in [-0.15, -0.1) is 0 Å². The lowest BCUT2D eigenvalue weighted by atomic mass is 10.2. The molecular weight excluding hydrogens is 318 g/mol. The number of piperazine rings is 1. The topological polar surface area (TPSA) is 58.9 Å². The fourth-order valence-electron chi connectivity index (χ4n) is 2.99. The molecule has 0 spiro atoms. The Morgan fingerprint density at radius 2 is 1.68 bits per heavy atom. The number of non-ortho nitro benzene ring substituents is 1. The average molecular weight is 341 g/mol. The average Bonchev–Trinajstić information content (AvgIpc) is 2.64. The maximum atomic E-state index is 10.8. The van der Waals surface area contributed by atoms with Crippen LogP contribution in [-0.4, -0.2) is 54.1 Å². The van der Waals surface area contributed by atoms with Crippen molar-refractivity contribution < 1.29 is 9.66 Å². The second-order valence-electron chi connectivity index (χ2n) is 6.21. The SMILES string of the molecule is O=[N+]([O-])c1cccc(OCCN2CCN(Cc3ccccc3)CC2)c1. The second-order valence-corrected chi connectivity index (χ2v) is 6.21. The van der Waals surface area contributed by atoms with E-state index >= 15 is 0 Å². The van der Waals surface area contributed by atoms with Gasteiger partial charge in [0.2, 0.25) is 0 Å². The highest BCUT2D eigenvalue weighted by molar-refractivity contribution is 5.37. The van der Waals surface area contributed by atoms with Gasteiger partial charge in [-0.3, -0.25) is 19.9 Å². The van der Waals surface area contributed by atoms with E-state index in [9.17, 15) is 10.1 Å². The van der Waals surface area contributed by atoms with Crippen LogP contribution in [0.2, 0.25) is 0 Å². The van der Waals surface area contributed by atoms with Crippen molar-refractivity contribution in [1.29, 1.82) is 0 Å². The third kappa shape index (κ3) is 5.27. The highest BCUT2D eigenvalue weighted by atomic mass is 16.6. The van der Waals surface area contributed by atoms with Crippen molar-refractivity contribution in [2.75, 3.05) is 39.3 Å². The first kappa shape index (κ1) is 17.4. The van der Waals surface area contributed by atoms with Gasteiger partial charge in [-0.2, -0.15) is 0 Å². The van der Waals surface area contributed by atoms with Gasteiger partial charge >= 0.3 is 0 Å². The summed E-state index contributed by atoms with van der Waals surface area (Å²) < 4.78 is 5.66. The standard InChI is InChI=1S/C19H23N3O3/c23-22(24)18-7-4-8-19(15-18)25-14-13-20-9-11-21(12-10-20)16-17-5-2-1-3-6-17/h1-8,15H,9-14,16H2. The maximum Gasteiger partial charge on any atom is 0.273 e. The van der Waals surface area contributed by atoms with E-state index in [2.05, 4.69) is 34.1 Å². The molecule has 0 saturated carbocycles. The van der Waals surface area contributed by atoms with Crippen molar-refractivity contribution in [2.24, 2.45) is 0 Å². The molecule has 0 radical (unpaired) electrons. The van der Waals surface area contributed by atoms with E-state index in [1.54, 1.807) is 12.1 Å². The van der Waals surface area contributed by atoms with Gasteiger partial charge in [-0.05, 0) is 11.6 Å². The summed E-state index contributed by atoms with van der Waals surface area (Å²) in [5, 5.41) is 10.8. The molecule has 1 fully saturated rings. The first-order valence-corrected chi connectivity index (χ1v) is 8.56. The Bertz CT molecular complexity index is 685. The zero-order chi connectivity index (χ0) is 17.5. The normalized spacial score (nSPS) is 15.8. The van der Waals surface area contributed by atoms with E-state index in [0.29, 0.717) is 12.4 Å². The molecule has 6 nitrogen and oxygen atoms in total. The lowest BCUT2D eigenvalue weighted by molar-refractivity contribution is -0.384. The number of nitrogens with zero attached hydrogens (tertiary/aromatic N) is 3. The molecule has 0 atom stereocenters. The van der Waals surface area contributed by atoms with Gasteiger partial charge in [-0.1, -0.05) is 36.4 Å². The van der Waals surface area contributed by atoms with Gasteiger partial charge in [0.1, 0.15) is 12.4 Å². The highest BCUT2D eigenvalue weighted by Gasteiger charge is 2.16. The van der Waals surface area contributed by atoms with Crippen LogP contribution in [0.4, 0.5) is 5.69 Å². The van der Waals surface area contributed by atoms with Crippen LogP contribution < -0.4 is 4.74 Å². The number of nitro benzene ring substituents is 1. The summed E-state index contributed by atoms with van der Waals surface area (Å²) in [4.78, 5) is 15.2. The van der Waals surface area contributed by atoms with Crippen LogP contribution in [0.25, 0.3) is 0 Å². The lowest BCUT2D eigenvalue weighted by Crippen LogP contribution is -2.47. The minimum absolute atomic E-state index is 0.0621. The Morgan fingerprint density at radius 1 is 0.960 bits per heavy atom. The molecule has 132 valence electrons. The van der Waals surface area contributed by atoms with Crippen LogP contribution in [0.5, 0.6) is 5.75 Å². The quantitative estimate of drug-likeness (QED) is 0.572. The molecule has 3 rings (SSSR count). The summed E-state index contributed by atoms with van der Waals surface area (Å²) in [6, 6.07) is 16.9. The van der Waals surface area contributed by atoms with Gasteiger partial charge in [0.15, 0.2) is 0 Å². The van der Waals surface area contributed by atoms with Crippen molar-refractivity contribution in [1.82, 2.24) is 9.80 Å². The number of nitro groups is 1. The molecule has 2 aromatic carbocycles. The number of ether oxygens (including phenoxy) is 1. The zero-order valence-electron chi connectivity index (χ0n) is 14.2. The van der Waals surface area contributed by atoms with Crippen LogP contribution in [0.15, 0.2) is 54.6 Å². The molecule has 0 amide bonds. The Kier molecular flexibility index (Phi) is 5.98. The van der Waals surface area contributed by atoms with Crippen LogP contribution >= 0.6 is 0 Å². The van der Waals surface area contributed by atoms with Crippen LogP contribution in [0.3, 0.4) is 0 Å². The summed E-state index contributed by atoms with van der Waals surface area (Å²) in [6.07, 6.45) is 0. The second kappa shape index (κ2) is 8.60. The van der Waals surface area contributed by atoms with Crippen LogP contribution in [-0.2, 0) is 6.54 Å². The Labute approximate surface area is 147 Å². The van der Waals surface area contributed by atoms with Gasteiger partial charge in [0.05, 0.1) is 11.0 Å². The Hall–Kier alpha value is -2.44. The molecule has 2 aromatic rings. The molecule has 1 heterocycles. The molecular formula is C19H23N3O3. The van der Waals surface area contributed by atoms with E-state index in [4.69, 9.17) is 4.74 Å². The molecule has 1 aliphatic heterocycles. The van der Waals surface area contributed by atoms with Crippen molar-refractivity contribution in [3.05, 3.63) is 70.3 Å². The highest BCUT2D eigenvalue weighted by Crippen LogP contribution is 2.19. The fraction of sp³-hybridized carbons (Fsp3) is 0.368. The van der Waals surface area contributed by atoms with E-state index in [1.807, 2.05) is 6.07 Å². The number of hydrogen-bond donors (Lipinski definition) is 0. The third-order valence-electron chi connectivity index (χ3n) is 4.42. The minimum Gasteiger partial charge on any atom is -0.492 e. The fourth-order valence-corrected chi connectivity index (χ4v) is 2.99. The molecule has 25 heavy (non-hydrogen) atoms. The minimum atomic E-state index is -0.404. The van der Waals surface area contributed by atoms with Gasteiger partial charge < -0.3 is 4.74 Å². The first-order valence-electron chi connectivity index (χ1n) is 8.56.